The highest BCUT2D eigenvalue weighted by molar-refractivity contribution is 6.30. The van der Waals surface area contributed by atoms with Crippen molar-refractivity contribution in [2.24, 2.45) is 0 Å². The molecule has 1 N–H and O–H groups in total. The number of benzene rings is 3. The van der Waals surface area contributed by atoms with E-state index in [0.717, 1.165) is 22.6 Å². The van der Waals surface area contributed by atoms with Crippen LogP contribution >= 0.6 is 11.6 Å². The molecule has 3 aromatic rings. The molecule has 3 rings (SSSR count). The molecule has 4 heteroatoms. The largest absolute Gasteiger partial charge is 0.489 e. The molecule has 0 bridgehead atoms. The van der Waals surface area contributed by atoms with E-state index in [2.05, 4.69) is 5.32 Å². The Kier molecular flexibility index (Phi) is 5.34. The highest BCUT2D eigenvalue weighted by Crippen LogP contribution is 2.17. The van der Waals surface area contributed by atoms with E-state index in [1.165, 1.54) is 12.1 Å². The van der Waals surface area contributed by atoms with E-state index < -0.39 is 0 Å². The summed E-state index contributed by atoms with van der Waals surface area (Å²) in [6.07, 6.45) is 0. The van der Waals surface area contributed by atoms with Crippen LogP contribution in [0.5, 0.6) is 5.75 Å². The fourth-order valence-electron chi connectivity index (χ4n) is 2.27. The molecule has 0 aromatic heterocycles. The maximum absolute atomic E-state index is 12.9. The van der Waals surface area contributed by atoms with Crippen LogP contribution in [0.1, 0.15) is 11.1 Å². The minimum atomic E-state index is -0.234. The Morgan fingerprint density at radius 2 is 1.62 bits per heavy atom. The molecule has 24 heavy (non-hydrogen) atoms. The summed E-state index contributed by atoms with van der Waals surface area (Å²) in [5, 5.41) is 3.96. The van der Waals surface area contributed by atoms with Gasteiger partial charge in [-0.1, -0.05) is 35.9 Å². The second-order valence-corrected chi connectivity index (χ2v) is 5.86. The summed E-state index contributed by atoms with van der Waals surface area (Å²) >= 11 is 5.96. The van der Waals surface area contributed by atoms with Gasteiger partial charge in [-0.3, -0.25) is 0 Å². The summed E-state index contributed by atoms with van der Waals surface area (Å²) in [5.41, 5.74) is 3.04. The normalized spacial score (nSPS) is 10.4. The lowest BCUT2D eigenvalue weighted by Crippen LogP contribution is -2.00. The zero-order valence-corrected chi connectivity index (χ0v) is 13.8. The van der Waals surface area contributed by atoms with Crippen molar-refractivity contribution in [3.63, 3.8) is 0 Å². The molecule has 0 unspecified atom stereocenters. The van der Waals surface area contributed by atoms with Gasteiger partial charge in [0.1, 0.15) is 18.2 Å². The molecule has 0 amide bonds. The average molecular weight is 342 g/mol. The van der Waals surface area contributed by atoms with Crippen molar-refractivity contribution in [2.45, 2.75) is 13.2 Å². The SMILES string of the molecule is Fc1ccc(NCc2ccc(OCc3cccc(Cl)c3)cc2)cc1. The van der Waals surface area contributed by atoms with Gasteiger partial charge in [-0.2, -0.15) is 0 Å². The molecule has 0 saturated heterocycles. The predicted molar refractivity (Wildman–Crippen MR) is 96.0 cm³/mol. The fraction of sp³-hybridized carbons (Fsp3) is 0.100. The smallest absolute Gasteiger partial charge is 0.123 e. The molecule has 0 fully saturated rings. The summed E-state index contributed by atoms with van der Waals surface area (Å²) in [6.45, 7) is 1.15. The van der Waals surface area contributed by atoms with Gasteiger partial charge >= 0.3 is 0 Å². The first-order chi connectivity index (χ1) is 11.7. The summed E-state index contributed by atoms with van der Waals surface area (Å²) in [5.74, 6) is 0.572. The Morgan fingerprint density at radius 3 is 2.33 bits per heavy atom. The van der Waals surface area contributed by atoms with Gasteiger partial charge in [0.15, 0.2) is 0 Å². The maximum atomic E-state index is 12.9. The number of hydrogen-bond donors (Lipinski definition) is 1. The minimum absolute atomic E-state index is 0.234. The van der Waals surface area contributed by atoms with Crippen molar-refractivity contribution in [3.8, 4) is 5.75 Å². The van der Waals surface area contributed by atoms with E-state index in [4.69, 9.17) is 16.3 Å². The van der Waals surface area contributed by atoms with Gasteiger partial charge < -0.3 is 10.1 Å². The summed E-state index contributed by atoms with van der Waals surface area (Å²) in [7, 11) is 0. The quantitative estimate of drug-likeness (QED) is 0.623. The molecule has 2 nitrogen and oxygen atoms in total. The van der Waals surface area contributed by atoms with Gasteiger partial charge in [-0.15, -0.1) is 0 Å². The van der Waals surface area contributed by atoms with Gasteiger partial charge in [0.25, 0.3) is 0 Å². The monoisotopic (exact) mass is 341 g/mol. The average Bonchev–Trinajstić information content (AvgIpc) is 2.60. The highest BCUT2D eigenvalue weighted by Gasteiger charge is 1.99. The predicted octanol–water partition coefficient (Wildman–Crippen LogP) is 5.67. The van der Waals surface area contributed by atoms with Gasteiger partial charge in [0.05, 0.1) is 0 Å². The first-order valence-corrected chi connectivity index (χ1v) is 8.02. The molecule has 0 aliphatic carbocycles. The van der Waals surface area contributed by atoms with E-state index >= 15 is 0 Å². The van der Waals surface area contributed by atoms with E-state index in [0.29, 0.717) is 18.2 Å². The Bertz CT molecular complexity index is 787. The van der Waals surface area contributed by atoms with Crippen LogP contribution in [0.2, 0.25) is 5.02 Å². The summed E-state index contributed by atoms with van der Waals surface area (Å²) in [6, 6.07) is 21.8. The van der Waals surface area contributed by atoms with E-state index in [1.807, 2.05) is 48.5 Å². The van der Waals surface area contributed by atoms with Crippen molar-refractivity contribution >= 4 is 17.3 Å². The molecule has 0 saturated carbocycles. The van der Waals surface area contributed by atoms with Crippen molar-refractivity contribution < 1.29 is 9.13 Å². The number of hydrogen-bond acceptors (Lipinski definition) is 2. The number of ether oxygens (including phenoxy) is 1. The second kappa shape index (κ2) is 7.84. The van der Waals surface area contributed by atoms with Gasteiger partial charge in [0, 0.05) is 17.3 Å². The van der Waals surface area contributed by atoms with Gasteiger partial charge in [-0.05, 0) is 59.7 Å². The number of anilines is 1. The standard InChI is InChI=1S/C20H17ClFNO/c21-17-3-1-2-16(12-17)14-24-20-10-4-15(5-11-20)13-23-19-8-6-18(22)7-9-19/h1-12,23H,13-14H2. The summed E-state index contributed by atoms with van der Waals surface area (Å²) in [4.78, 5) is 0. The van der Waals surface area contributed by atoms with Crippen molar-refractivity contribution in [3.05, 3.63) is 94.8 Å². The molecule has 0 aliphatic rings. The van der Waals surface area contributed by atoms with Crippen LogP contribution in [0.25, 0.3) is 0 Å². The lowest BCUT2D eigenvalue weighted by atomic mass is 10.2. The molecular weight excluding hydrogens is 325 g/mol. The minimum Gasteiger partial charge on any atom is -0.489 e. The van der Waals surface area contributed by atoms with Crippen LogP contribution in [0.4, 0.5) is 10.1 Å². The lowest BCUT2D eigenvalue weighted by Gasteiger charge is -2.09. The molecule has 0 heterocycles. The Balaban J connectivity index is 1.52. The second-order valence-electron chi connectivity index (χ2n) is 5.42. The number of halogens is 2. The molecule has 0 spiro atoms. The van der Waals surface area contributed by atoms with Gasteiger partial charge in [-0.25, -0.2) is 4.39 Å². The third-order valence-corrected chi connectivity index (χ3v) is 3.79. The maximum Gasteiger partial charge on any atom is 0.123 e. The van der Waals surface area contributed by atoms with Crippen molar-refractivity contribution in [2.75, 3.05) is 5.32 Å². The molecule has 3 aromatic carbocycles. The molecule has 0 radical (unpaired) electrons. The summed E-state index contributed by atoms with van der Waals surface area (Å²) < 4.78 is 18.6. The Hall–Kier alpha value is -2.52. The Labute approximate surface area is 145 Å². The van der Waals surface area contributed by atoms with Crippen LogP contribution in [0.15, 0.2) is 72.8 Å². The zero-order chi connectivity index (χ0) is 16.8. The third-order valence-electron chi connectivity index (χ3n) is 3.56. The fourth-order valence-corrected chi connectivity index (χ4v) is 2.48. The van der Waals surface area contributed by atoms with Crippen LogP contribution in [-0.2, 0) is 13.2 Å². The molecular formula is C20H17ClFNO. The van der Waals surface area contributed by atoms with E-state index in [1.54, 1.807) is 12.1 Å². The van der Waals surface area contributed by atoms with Crippen LogP contribution in [-0.4, -0.2) is 0 Å². The topological polar surface area (TPSA) is 21.3 Å². The first-order valence-electron chi connectivity index (χ1n) is 7.65. The zero-order valence-electron chi connectivity index (χ0n) is 13.0. The Morgan fingerprint density at radius 1 is 0.875 bits per heavy atom. The van der Waals surface area contributed by atoms with Crippen LogP contribution < -0.4 is 10.1 Å². The molecule has 0 aliphatic heterocycles. The van der Waals surface area contributed by atoms with E-state index in [9.17, 15) is 4.39 Å². The molecule has 0 atom stereocenters. The van der Waals surface area contributed by atoms with E-state index in [-0.39, 0.29) is 5.82 Å². The lowest BCUT2D eigenvalue weighted by molar-refractivity contribution is 0.306. The van der Waals surface area contributed by atoms with Crippen molar-refractivity contribution in [1.82, 2.24) is 0 Å². The van der Waals surface area contributed by atoms with Crippen molar-refractivity contribution in [1.29, 1.82) is 0 Å². The number of rotatable bonds is 6. The number of nitrogens with one attached hydrogen (secondary N) is 1. The third kappa shape index (κ3) is 4.74. The first kappa shape index (κ1) is 16.3. The van der Waals surface area contributed by atoms with Gasteiger partial charge in [0.2, 0.25) is 0 Å². The van der Waals surface area contributed by atoms with Crippen LogP contribution in [0.3, 0.4) is 0 Å². The van der Waals surface area contributed by atoms with Crippen LogP contribution in [0, 0.1) is 5.82 Å². The molecule has 122 valence electrons. The highest BCUT2D eigenvalue weighted by atomic mass is 35.5.